The third-order valence-electron chi connectivity index (χ3n) is 2.90. The van der Waals surface area contributed by atoms with Crippen molar-refractivity contribution in [2.75, 3.05) is 51.2 Å². The fraction of sp³-hybridized carbons (Fsp3) is 0.562. The van der Waals surface area contributed by atoms with Gasteiger partial charge in [0.2, 0.25) is 0 Å². The Kier molecular flexibility index (Phi) is 14.5. The van der Waals surface area contributed by atoms with Gasteiger partial charge in [0.15, 0.2) is 5.96 Å². The number of nitrogens with zero attached hydrogens (tertiary/aromatic N) is 1. The zero-order valence-corrected chi connectivity index (χ0v) is 17.3. The summed E-state index contributed by atoms with van der Waals surface area (Å²) in [5.74, 6) is 2.77. The second kappa shape index (κ2) is 14.9. The molecular weight excluding hydrogens is 425 g/mol. The average molecular weight is 453 g/mol. The van der Waals surface area contributed by atoms with Gasteiger partial charge in [0.1, 0.15) is 5.75 Å². The first kappa shape index (κ1) is 22.3. The molecule has 0 saturated heterocycles. The molecule has 5 nitrogen and oxygen atoms in total. The normalized spacial score (nSPS) is 10.8. The number of thioether (sulfide) groups is 1. The third kappa shape index (κ3) is 10.7. The molecule has 0 spiro atoms. The van der Waals surface area contributed by atoms with Crippen LogP contribution in [0.1, 0.15) is 12.8 Å². The van der Waals surface area contributed by atoms with Crippen molar-refractivity contribution in [2.24, 2.45) is 4.99 Å². The highest BCUT2D eigenvalue weighted by Crippen LogP contribution is 2.17. The monoisotopic (exact) mass is 453 g/mol. The quantitative estimate of drug-likeness (QED) is 0.246. The molecule has 1 aromatic carbocycles. The highest BCUT2D eigenvalue weighted by molar-refractivity contribution is 14.0. The maximum atomic E-state index is 5.69. The zero-order valence-electron chi connectivity index (χ0n) is 14.1. The predicted octanol–water partition coefficient (Wildman–Crippen LogP) is 3.46. The van der Waals surface area contributed by atoms with E-state index >= 15 is 0 Å². The van der Waals surface area contributed by atoms with Crippen molar-refractivity contribution in [2.45, 2.75) is 12.8 Å². The first-order valence-corrected chi connectivity index (χ1v) is 8.88. The van der Waals surface area contributed by atoms with E-state index in [2.05, 4.69) is 21.9 Å². The number of nitrogens with one attached hydrogen (secondary N) is 2. The van der Waals surface area contributed by atoms with Crippen LogP contribution in [0, 0.1) is 0 Å². The van der Waals surface area contributed by atoms with Crippen molar-refractivity contribution in [3.05, 3.63) is 24.3 Å². The second-order valence-electron chi connectivity index (χ2n) is 4.69. The molecule has 0 heterocycles. The van der Waals surface area contributed by atoms with Crippen LogP contribution in [0.15, 0.2) is 29.3 Å². The Hall–Kier alpha value is -0.670. The summed E-state index contributed by atoms with van der Waals surface area (Å²) in [6.45, 7) is 2.28. The molecule has 0 fully saturated rings. The van der Waals surface area contributed by atoms with E-state index in [0.29, 0.717) is 13.2 Å². The second-order valence-corrected chi connectivity index (χ2v) is 5.68. The summed E-state index contributed by atoms with van der Waals surface area (Å²) in [5.41, 5.74) is 0.960. The molecule has 0 radical (unpaired) electrons. The number of hydrogen-bond donors (Lipinski definition) is 2. The molecule has 0 aliphatic rings. The molecule has 0 aliphatic heterocycles. The molecule has 2 N–H and O–H groups in total. The van der Waals surface area contributed by atoms with Crippen molar-refractivity contribution in [3.8, 4) is 5.75 Å². The van der Waals surface area contributed by atoms with Crippen molar-refractivity contribution in [3.63, 3.8) is 0 Å². The third-order valence-corrected chi connectivity index (χ3v) is 3.60. The largest absolute Gasteiger partial charge is 0.493 e. The Morgan fingerprint density at radius 2 is 2.09 bits per heavy atom. The van der Waals surface area contributed by atoms with Gasteiger partial charge in [0.25, 0.3) is 0 Å². The summed E-state index contributed by atoms with van der Waals surface area (Å²) in [4.78, 5) is 4.23. The lowest BCUT2D eigenvalue weighted by atomic mass is 10.3. The zero-order chi connectivity index (χ0) is 16.0. The van der Waals surface area contributed by atoms with Crippen LogP contribution in [0.2, 0.25) is 0 Å². The van der Waals surface area contributed by atoms with Gasteiger partial charge in [-0.05, 0) is 30.6 Å². The van der Waals surface area contributed by atoms with E-state index in [4.69, 9.17) is 9.47 Å². The average Bonchev–Trinajstić information content (AvgIpc) is 2.55. The molecule has 132 valence electrons. The molecule has 0 aliphatic carbocycles. The molecule has 7 heteroatoms. The highest BCUT2D eigenvalue weighted by Gasteiger charge is 2.01. The van der Waals surface area contributed by atoms with E-state index in [-0.39, 0.29) is 24.0 Å². The predicted molar refractivity (Wildman–Crippen MR) is 112 cm³/mol. The van der Waals surface area contributed by atoms with Crippen LogP contribution in [0.3, 0.4) is 0 Å². The van der Waals surface area contributed by atoms with E-state index in [1.54, 1.807) is 14.2 Å². The lowest BCUT2D eigenvalue weighted by Crippen LogP contribution is -2.31. The van der Waals surface area contributed by atoms with Gasteiger partial charge in [-0.15, -0.1) is 24.0 Å². The van der Waals surface area contributed by atoms with E-state index in [0.717, 1.165) is 42.5 Å². The number of methoxy groups -OCH3 is 1. The van der Waals surface area contributed by atoms with Crippen LogP contribution >= 0.6 is 35.7 Å². The number of halogens is 1. The van der Waals surface area contributed by atoms with Crippen molar-refractivity contribution >= 4 is 47.4 Å². The number of benzene rings is 1. The Morgan fingerprint density at radius 1 is 1.26 bits per heavy atom. The van der Waals surface area contributed by atoms with E-state index in [1.165, 1.54) is 0 Å². The Balaban J connectivity index is 0.00000484. The topological polar surface area (TPSA) is 54.9 Å². The van der Waals surface area contributed by atoms with Gasteiger partial charge in [-0.1, -0.05) is 6.07 Å². The number of hydrogen-bond acceptors (Lipinski definition) is 4. The summed E-state index contributed by atoms with van der Waals surface area (Å²) < 4.78 is 10.7. The Morgan fingerprint density at radius 3 is 2.78 bits per heavy atom. The molecular formula is C16H28IN3O2S. The van der Waals surface area contributed by atoms with Crippen LogP contribution in [-0.2, 0) is 4.74 Å². The molecule has 0 amide bonds. The van der Waals surface area contributed by atoms with Gasteiger partial charge in [-0.3, -0.25) is 4.99 Å². The van der Waals surface area contributed by atoms with Gasteiger partial charge in [-0.25, -0.2) is 0 Å². The van der Waals surface area contributed by atoms with E-state index in [9.17, 15) is 0 Å². The molecule has 23 heavy (non-hydrogen) atoms. The lowest BCUT2D eigenvalue weighted by molar-refractivity contribution is 0.172. The van der Waals surface area contributed by atoms with Gasteiger partial charge in [0.05, 0.1) is 6.61 Å². The fourth-order valence-corrected chi connectivity index (χ4v) is 2.23. The smallest absolute Gasteiger partial charge is 0.195 e. The highest BCUT2D eigenvalue weighted by atomic mass is 127. The fourth-order valence-electron chi connectivity index (χ4n) is 1.80. The van der Waals surface area contributed by atoms with Gasteiger partial charge in [-0.2, -0.15) is 11.8 Å². The van der Waals surface area contributed by atoms with Crippen LogP contribution in [-0.4, -0.2) is 51.9 Å². The number of aliphatic imine (C=N–C) groups is 1. The molecule has 0 bridgehead atoms. The summed E-state index contributed by atoms with van der Waals surface area (Å²) in [6, 6.07) is 7.89. The number of ether oxygens (including phenoxy) is 2. The molecule has 1 aromatic rings. The van der Waals surface area contributed by atoms with Crippen molar-refractivity contribution in [1.82, 2.24) is 5.32 Å². The Labute approximate surface area is 161 Å². The lowest BCUT2D eigenvalue weighted by Gasteiger charge is -2.13. The van der Waals surface area contributed by atoms with E-state index in [1.807, 2.05) is 36.0 Å². The maximum absolute atomic E-state index is 5.69. The van der Waals surface area contributed by atoms with Crippen LogP contribution in [0.5, 0.6) is 5.75 Å². The van der Waals surface area contributed by atoms with Gasteiger partial charge in [0, 0.05) is 45.5 Å². The van der Waals surface area contributed by atoms with Gasteiger partial charge < -0.3 is 20.1 Å². The summed E-state index contributed by atoms with van der Waals surface area (Å²) in [6.07, 6.45) is 4.11. The molecule has 0 aromatic heterocycles. The SMILES string of the molecule is CN=C(NCCCSC)Nc1cccc(OCCCOC)c1.I. The number of guanidine groups is 1. The summed E-state index contributed by atoms with van der Waals surface area (Å²) in [7, 11) is 3.47. The van der Waals surface area contributed by atoms with Gasteiger partial charge >= 0.3 is 0 Å². The van der Waals surface area contributed by atoms with Crippen LogP contribution < -0.4 is 15.4 Å². The molecule has 0 saturated carbocycles. The van der Waals surface area contributed by atoms with Crippen LogP contribution in [0.25, 0.3) is 0 Å². The first-order valence-electron chi connectivity index (χ1n) is 7.48. The van der Waals surface area contributed by atoms with Crippen molar-refractivity contribution < 1.29 is 9.47 Å². The minimum atomic E-state index is 0. The maximum Gasteiger partial charge on any atom is 0.195 e. The number of rotatable bonds is 10. The molecule has 1 rings (SSSR count). The number of anilines is 1. The Bertz CT molecular complexity index is 447. The molecule has 0 unspecified atom stereocenters. The van der Waals surface area contributed by atoms with E-state index < -0.39 is 0 Å². The standard InChI is InChI=1S/C16H27N3O2S.HI/c1-17-16(18-9-5-12-22-3)19-14-7-4-8-15(13-14)21-11-6-10-20-2;/h4,7-8,13H,5-6,9-12H2,1-3H3,(H2,17,18,19);1H. The molecule has 0 atom stereocenters. The minimum Gasteiger partial charge on any atom is -0.493 e. The summed E-state index contributed by atoms with van der Waals surface area (Å²) >= 11 is 1.85. The summed E-state index contributed by atoms with van der Waals surface area (Å²) in [5, 5.41) is 6.58. The minimum absolute atomic E-state index is 0. The van der Waals surface area contributed by atoms with Crippen LogP contribution in [0.4, 0.5) is 5.69 Å². The first-order chi connectivity index (χ1) is 10.8. The van der Waals surface area contributed by atoms with Crippen molar-refractivity contribution in [1.29, 1.82) is 0 Å².